The largest absolute Gasteiger partial charge is 0.449 e. The van der Waals surface area contributed by atoms with Crippen LogP contribution in [-0.4, -0.2) is 26.0 Å². The quantitative estimate of drug-likeness (QED) is 0.779. The molecule has 0 spiro atoms. The van der Waals surface area contributed by atoms with Crippen molar-refractivity contribution in [3.8, 4) is 6.01 Å². The van der Waals surface area contributed by atoms with Gasteiger partial charge in [-0.3, -0.25) is 0 Å². The lowest BCUT2D eigenvalue weighted by Crippen LogP contribution is -2.19. The number of hydrogen-bond donors (Lipinski definition) is 1. The molecule has 0 aromatic carbocycles. The van der Waals surface area contributed by atoms with E-state index in [-0.39, 0.29) is 11.1 Å². The van der Waals surface area contributed by atoms with Gasteiger partial charge >= 0.3 is 11.7 Å². The molecule has 2 rings (SSSR count). The summed E-state index contributed by atoms with van der Waals surface area (Å²) in [6, 6.07) is 0.360. The summed E-state index contributed by atoms with van der Waals surface area (Å²) < 4.78 is 7.05. The maximum atomic E-state index is 11.3. The van der Waals surface area contributed by atoms with E-state index in [0.29, 0.717) is 12.6 Å². The second-order valence-electron chi connectivity index (χ2n) is 3.27. The molecule has 82 valence electrons. The van der Waals surface area contributed by atoms with Crippen LogP contribution in [0.1, 0.15) is 12.8 Å². The van der Waals surface area contributed by atoms with Gasteiger partial charge in [-0.05, 0) is 18.6 Å². The molecule has 1 N–H and O–H groups in total. The minimum absolute atomic E-state index is 0.128. The lowest BCUT2D eigenvalue weighted by atomic mass is 10.4. The Morgan fingerprint density at radius 3 is 3.33 bits per heavy atom. The molecular weight excluding hydrogens is 214 g/mol. The Bertz CT molecular complexity index is 392. The van der Waals surface area contributed by atoms with Crippen molar-refractivity contribution in [3.63, 3.8) is 0 Å². The summed E-state index contributed by atoms with van der Waals surface area (Å²) in [6.07, 6.45) is 3.82. The van der Waals surface area contributed by atoms with Crippen LogP contribution in [0.5, 0.6) is 6.01 Å². The Hall–Kier alpha value is -1.17. The summed E-state index contributed by atoms with van der Waals surface area (Å²) in [4.78, 5) is 11.3. The van der Waals surface area contributed by atoms with E-state index in [1.165, 1.54) is 4.57 Å². The van der Waals surface area contributed by atoms with Crippen LogP contribution in [0.2, 0.25) is 0 Å². The fraction of sp³-hybridized carbons (Fsp3) is 0.556. The van der Waals surface area contributed by atoms with Gasteiger partial charge in [0.2, 0.25) is 0 Å². The summed E-state index contributed by atoms with van der Waals surface area (Å²) in [5.74, 6) is 1.11. The summed E-state index contributed by atoms with van der Waals surface area (Å²) in [5.41, 5.74) is -0.128. The number of ether oxygens (including phenoxy) is 1. The molecule has 0 aliphatic carbocycles. The standard InChI is InChI=1S/C9H13N3O2S/c1-2-5-12-8(13)10-11-9(12)14-7-4-3-6-15-7/h2,7H,1,3-6H2,(H,10,13). The maximum Gasteiger partial charge on any atom is 0.346 e. The third kappa shape index (κ3) is 2.26. The number of aromatic nitrogens is 3. The number of allylic oxidation sites excluding steroid dienone is 1. The molecule has 1 aromatic heterocycles. The molecule has 6 heteroatoms. The molecule has 1 atom stereocenters. The molecule has 1 saturated heterocycles. The monoisotopic (exact) mass is 227 g/mol. The van der Waals surface area contributed by atoms with E-state index in [2.05, 4.69) is 16.8 Å². The third-order valence-electron chi connectivity index (χ3n) is 2.16. The second kappa shape index (κ2) is 4.57. The van der Waals surface area contributed by atoms with Crippen LogP contribution in [0.3, 0.4) is 0 Å². The summed E-state index contributed by atoms with van der Waals surface area (Å²) in [6.45, 7) is 4.01. The van der Waals surface area contributed by atoms with E-state index in [1.54, 1.807) is 17.8 Å². The molecule has 0 radical (unpaired) electrons. The fourth-order valence-corrected chi connectivity index (χ4v) is 2.53. The topological polar surface area (TPSA) is 59.9 Å². The van der Waals surface area contributed by atoms with E-state index in [0.717, 1.165) is 18.6 Å². The normalized spacial score (nSPS) is 20.4. The van der Waals surface area contributed by atoms with Crippen LogP contribution in [0, 0.1) is 0 Å². The Morgan fingerprint density at radius 1 is 1.80 bits per heavy atom. The maximum absolute atomic E-state index is 11.3. The second-order valence-corrected chi connectivity index (χ2v) is 4.54. The first-order valence-corrected chi connectivity index (χ1v) is 5.90. The molecule has 1 aliphatic rings. The predicted octanol–water partition coefficient (Wildman–Crippen LogP) is 0.989. The van der Waals surface area contributed by atoms with Gasteiger partial charge in [0.15, 0.2) is 0 Å². The van der Waals surface area contributed by atoms with E-state index >= 15 is 0 Å². The number of nitrogens with zero attached hydrogens (tertiary/aromatic N) is 2. The first-order valence-electron chi connectivity index (χ1n) is 4.85. The van der Waals surface area contributed by atoms with E-state index < -0.39 is 0 Å². The first-order chi connectivity index (χ1) is 7.31. The van der Waals surface area contributed by atoms with Gasteiger partial charge in [0.05, 0.1) is 6.54 Å². The Labute approximate surface area is 91.5 Å². The van der Waals surface area contributed by atoms with E-state index in [1.807, 2.05) is 0 Å². The summed E-state index contributed by atoms with van der Waals surface area (Å²) in [7, 11) is 0. The molecular formula is C9H13N3O2S. The molecule has 0 bridgehead atoms. The van der Waals surface area contributed by atoms with Gasteiger partial charge in [0.1, 0.15) is 5.44 Å². The van der Waals surface area contributed by atoms with Crippen molar-refractivity contribution < 1.29 is 4.74 Å². The van der Waals surface area contributed by atoms with Crippen LogP contribution in [-0.2, 0) is 6.54 Å². The molecule has 15 heavy (non-hydrogen) atoms. The number of hydrogen-bond acceptors (Lipinski definition) is 4. The van der Waals surface area contributed by atoms with Gasteiger partial charge in [0.25, 0.3) is 0 Å². The number of aromatic amines is 1. The van der Waals surface area contributed by atoms with Crippen LogP contribution >= 0.6 is 11.8 Å². The van der Waals surface area contributed by atoms with Crippen molar-refractivity contribution in [2.75, 3.05) is 5.75 Å². The van der Waals surface area contributed by atoms with Crippen molar-refractivity contribution in [1.29, 1.82) is 0 Å². The summed E-state index contributed by atoms with van der Waals surface area (Å²) >= 11 is 1.76. The SMILES string of the molecule is C=CCn1c(OC2CCCS2)n[nH]c1=O. The molecule has 1 unspecified atom stereocenters. The number of rotatable bonds is 4. The smallest absolute Gasteiger partial charge is 0.346 e. The van der Waals surface area contributed by atoms with Gasteiger partial charge in [-0.2, -0.15) is 0 Å². The highest BCUT2D eigenvalue weighted by Gasteiger charge is 2.20. The van der Waals surface area contributed by atoms with Gasteiger partial charge in [-0.1, -0.05) is 6.08 Å². The highest BCUT2D eigenvalue weighted by molar-refractivity contribution is 8.00. The Balaban J connectivity index is 2.12. The van der Waals surface area contributed by atoms with Gasteiger partial charge in [-0.25, -0.2) is 14.5 Å². The molecule has 2 heterocycles. The Morgan fingerprint density at radius 2 is 2.67 bits per heavy atom. The molecule has 0 amide bonds. The molecule has 1 aromatic rings. The minimum Gasteiger partial charge on any atom is -0.449 e. The van der Waals surface area contributed by atoms with Gasteiger partial charge in [-0.15, -0.1) is 23.4 Å². The fourth-order valence-electron chi connectivity index (χ4n) is 1.44. The van der Waals surface area contributed by atoms with E-state index in [9.17, 15) is 4.79 Å². The number of nitrogens with one attached hydrogen (secondary N) is 1. The lowest BCUT2D eigenvalue weighted by molar-refractivity contribution is 0.250. The van der Waals surface area contributed by atoms with Crippen molar-refractivity contribution in [3.05, 3.63) is 23.1 Å². The molecule has 1 aliphatic heterocycles. The van der Waals surface area contributed by atoms with Crippen LogP contribution in [0.4, 0.5) is 0 Å². The van der Waals surface area contributed by atoms with Crippen molar-refractivity contribution in [1.82, 2.24) is 14.8 Å². The van der Waals surface area contributed by atoms with Crippen LogP contribution < -0.4 is 10.4 Å². The van der Waals surface area contributed by atoms with Gasteiger partial charge < -0.3 is 4.74 Å². The predicted molar refractivity (Wildman–Crippen MR) is 59.2 cm³/mol. The van der Waals surface area contributed by atoms with Crippen molar-refractivity contribution in [2.45, 2.75) is 24.8 Å². The number of thioether (sulfide) groups is 1. The number of H-pyrrole nitrogens is 1. The average molecular weight is 227 g/mol. The Kier molecular flexibility index (Phi) is 3.15. The van der Waals surface area contributed by atoms with Crippen molar-refractivity contribution >= 4 is 11.8 Å². The zero-order chi connectivity index (χ0) is 10.7. The highest BCUT2D eigenvalue weighted by Crippen LogP contribution is 2.27. The van der Waals surface area contributed by atoms with Crippen molar-refractivity contribution in [2.24, 2.45) is 0 Å². The average Bonchev–Trinajstić information content (AvgIpc) is 2.83. The molecule has 0 saturated carbocycles. The molecule has 1 fully saturated rings. The third-order valence-corrected chi connectivity index (χ3v) is 3.39. The first kappa shape index (κ1) is 10.4. The van der Waals surface area contributed by atoms with E-state index in [4.69, 9.17) is 4.74 Å². The highest BCUT2D eigenvalue weighted by atomic mass is 32.2. The van der Waals surface area contributed by atoms with Crippen LogP contribution in [0.25, 0.3) is 0 Å². The molecule has 5 nitrogen and oxygen atoms in total. The summed E-state index contributed by atoms with van der Waals surface area (Å²) in [5, 5.41) is 6.21. The van der Waals surface area contributed by atoms with Crippen LogP contribution in [0.15, 0.2) is 17.4 Å². The minimum atomic E-state index is -0.257. The lowest BCUT2D eigenvalue weighted by Gasteiger charge is -2.10. The van der Waals surface area contributed by atoms with Gasteiger partial charge in [0, 0.05) is 0 Å². The zero-order valence-electron chi connectivity index (χ0n) is 8.31. The zero-order valence-corrected chi connectivity index (χ0v) is 9.13.